The van der Waals surface area contributed by atoms with E-state index in [1.54, 1.807) is 0 Å². The molecular formula is C28H38N4O2. The molecule has 2 aliphatic heterocycles. The van der Waals surface area contributed by atoms with E-state index < -0.39 is 0 Å². The summed E-state index contributed by atoms with van der Waals surface area (Å²) in [6, 6.07) is 10.3. The number of carbonyl (C=O) groups is 1. The van der Waals surface area contributed by atoms with Gasteiger partial charge in [0.05, 0.1) is 18.2 Å². The standard InChI is InChI=1S/C28H38N4O2/c1-2-34-28(33)23-13-17-32(18-14-23)27-24-20-31(19-21-9-5-3-6-10-21)16-15-25(24)29-26(30-27)22-11-7-4-8-12-22/h4,7-8,11-12,21,23H,2-3,5-6,9-10,13-20H2,1H3. The molecule has 3 heterocycles. The van der Waals surface area contributed by atoms with Gasteiger partial charge in [0.1, 0.15) is 5.82 Å². The molecule has 0 amide bonds. The van der Waals surface area contributed by atoms with E-state index in [0.29, 0.717) is 6.61 Å². The van der Waals surface area contributed by atoms with Crippen LogP contribution in [0.1, 0.15) is 63.1 Å². The third-order valence-corrected chi connectivity index (χ3v) is 7.81. The van der Waals surface area contributed by atoms with E-state index in [4.69, 9.17) is 14.7 Å². The highest BCUT2D eigenvalue weighted by molar-refractivity contribution is 5.73. The van der Waals surface area contributed by atoms with Gasteiger partial charge in [-0.15, -0.1) is 0 Å². The van der Waals surface area contributed by atoms with E-state index in [0.717, 1.165) is 68.6 Å². The van der Waals surface area contributed by atoms with E-state index in [1.807, 2.05) is 13.0 Å². The zero-order valence-corrected chi connectivity index (χ0v) is 20.5. The number of rotatable bonds is 6. The molecule has 1 saturated heterocycles. The van der Waals surface area contributed by atoms with Crippen molar-refractivity contribution in [2.75, 3.05) is 37.7 Å². The molecule has 5 rings (SSSR count). The lowest BCUT2D eigenvalue weighted by atomic mass is 9.88. The summed E-state index contributed by atoms with van der Waals surface area (Å²) in [5.41, 5.74) is 3.57. The first-order chi connectivity index (χ1) is 16.7. The van der Waals surface area contributed by atoms with Crippen molar-refractivity contribution < 1.29 is 9.53 Å². The van der Waals surface area contributed by atoms with E-state index in [2.05, 4.69) is 34.1 Å². The number of fused-ring (bicyclic) bond motifs is 1. The van der Waals surface area contributed by atoms with Gasteiger partial charge < -0.3 is 9.64 Å². The van der Waals surface area contributed by atoms with Crippen LogP contribution < -0.4 is 4.90 Å². The number of piperidine rings is 1. The summed E-state index contributed by atoms with van der Waals surface area (Å²) >= 11 is 0. The fourth-order valence-corrected chi connectivity index (χ4v) is 5.91. The Balaban J connectivity index is 1.39. The van der Waals surface area contributed by atoms with Gasteiger partial charge in [-0.1, -0.05) is 49.6 Å². The van der Waals surface area contributed by atoms with Crippen LogP contribution in [-0.2, 0) is 22.5 Å². The first kappa shape index (κ1) is 23.3. The molecule has 1 aliphatic carbocycles. The predicted molar refractivity (Wildman–Crippen MR) is 135 cm³/mol. The van der Waals surface area contributed by atoms with E-state index in [9.17, 15) is 4.79 Å². The Morgan fingerprint density at radius 1 is 1.00 bits per heavy atom. The van der Waals surface area contributed by atoms with Gasteiger partial charge in [0, 0.05) is 50.3 Å². The normalized spacial score (nSPS) is 20.2. The number of benzene rings is 1. The highest BCUT2D eigenvalue weighted by Crippen LogP contribution is 2.33. The molecule has 0 atom stereocenters. The zero-order valence-electron chi connectivity index (χ0n) is 20.5. The average Bonchev–Trinajstić information content (AvgIpc) is 2.89. The van der Waals surface area contributed by atoms with Crippen molar-refractivity contribution in [2.24, 2.45) is 11.8 Å². The number of anilines is 1. The maximum atomic E-state index is 12.3. The second kappa shape index (κ2) is 10.9. The highest BCUT2D eigenvalue weighted by atomic mass is 16.5. The summed E-state index contributed by atoms with van der Waals surface area (Å²) in [7, 11) is 0. The minimum atomic E-state index is -0.0458. The molecule has 0 spiro atoms. The summed E-state index contributed by atoms with van der Waals surface area (Å²) < 4.78 is 5.29. The van der Waals surface area contributed by atoms with Crippen molar-refractivity contribution >= 4 is 11.8 Å². The first-order valence-electron chi connectivity index (χ1n) is 13.3. The fraction of sp³-hybridized carbons (Fsp3) is 0.607. The second-order valence-electron chi connectivity index (χ2n) is 10.2. The van der Waals surface area contributed by atoms with Crippen LogP contribution in [-0.4, -0.2) is 53.6 Å². The SMILES string of the molecule is CCOC(=O)C1CCN(c2nc(-c3ccccc3)nc3c2CN(CC2CCCCC2)CC3)CC1. The molecule has 34 heavy (non-hydrogen) atoms. The summed E-state index contributed by atoms with van der Waals surface area (Å²) in [4.78, 5) is 27.5. The molecule has 1 aromatic carbocycles. The van der Waals surface area contributed by atoms with Gasteiger partial charge in [-0.05, 0) is 38.5 Å². The smallest absolute Gasteiger partial charge is 0.309 e. The summed E-state index contributed by atoms with van der Waals surface area (Å²) in [5, 5.41) is 0. The number of aromatic nitrogens is 2. The average molecular weight is 463 g/mol. The van der Waals surface area contributed by atoms with Gasteiger partial charge in [-0.25, -0.2) is 9.97 Å². The molecule has 3 aliphatic rings. The van der Waals surface area contributed by atoms with Crippen molar-refractivity contribution in [3.63, 3.8) is 0 Å². The summed E-state index contributed by atoms with van der Waals surface area (Å²) in [5.74, 6) is 2.70. The fourth-order valence-electron chi connectivity index (χ4n) is 5.91. The maximum Gasteiger partial charge on any atom is 0.309 e. The van der Waals surface area contributed by atoms with E-state index >= 15 is 0 Å². The number of carbonyl (C=O) groups excluding carboxylic acids is 1. The van der Waals surface area contributed by atoms with Gasteiger partial charge in [0.25, 0.3) is 0 Å². The molecule has 0 N–H and O–H groups in total. The number of esters is 1. The molecule has 0 unspecified atom stereocenters. The topological polar surface area (TPSA) is 58.6 Å². The molecule has 1 aromatic heterocycles. The molecular weight excluding hydrogens is 424 g/mol. The number of hydrogen-bond donors (Lipinski definition) is 0. The summed E-state index contributed by atoms with van der Waals surface area (Å²) in [6.45, 7) is 7.23. The molecule has 6 nitrogen and oxygen atoms in total. The van der Waals surface area contributed by atoms with Crippen molar-refractivity contribution in [3.05, 3.63) is 41.6 Å². The van der Waals surface area contributed by atoms with Gasteiger partial charge in [-0.2, -0.15) is 0 Å². The lowest BCUT2D eigenvalue weighted by Crippen LogP contribution is -2.40. The van der Waals surface area contributed by atoms with Crippen LogP contribution in [0.15, 0.2) is 30.3 Å². The van der Waals surface area contributed by atoms with Crippen LogP contribution in [0.2, 0.25) is 0 Å². The molecule has 182 valence electrons. The zero-order chi connectivity index (χ0) is 23.3. The van der Waals surface area contributed by atoms with Gasteiger partial charge in [0.2, 0.25) is 0 Å². The van der Waals surface area contributed by atoms with Crippen LogP contribution in [0, 0.1) is 11.8 Å². The van der Waals surface area contributed by atoms with Crippen LogP contribution in [0.3, 0.4) is 0 Å². The minimum Gasteiger partial charge on any atom is -0.466 e. The molecule has 2 aromatic rings. The van der Waals surface area contributed by atoms with Gasteiger partial charge in [-0.3, -0.25) is 9.69 Å². The molecule has 0 radical (unpaired) electrons. The predicted octanol–water partition coefficient (Wildman–Crippen LogP) is 4.86. The molecule has 0 bridgehead atoms. The Bertz CT molecular complexity index is 966. The Morgan fingerprint density at radius 2 is 1.76 bits per heavy atom. The lowest BCUT2D eigenvalue weighted by molar-refractivity contribution is -0.148. The lowest BCUT2D eigenvalue weighted by Gasteiger charge is -2.37. The van der Waals surface area contributed by atoms with Gasteiger partial charge in [0.15, 0.2) is 5.82 Å². The van der Waals surface area contributed by atoms with Gasteiger partial charge >= 0.3 is 5.97 Å². The third kappa shape index (κ3) is 5.27. The van der Waals surface area contributed by atoms with E-state index in [-0.39, 0.29) is 11.9 Å². The first-order valence-corrected chi connectivity index (χ1v) is 13.3. The number of nitrogens with zero attached hydrogens (tertiary/aromatic N) is 4. The van der Waals surface area contributed by atoms with Crippen molar-refractivity contribution in [3.8, 4) is 11.4 Å². The number of hydrogen-bond acceptors (Lipinski definition) is 6. The Kier molecular flexibility index (Phi) is 7.43. The molecule has 2 fully saturated rings. The van der Waals surface area contributed by atoms with Crippen LogP contribution >= 0.6 is 0 Å². The van der Waals surface area contributed by atoms with E-state index in [1.165, 1.54) is 49.9 Å². The van der Waals surface area contributed by atoms with Crippen molar-refractivity contribution in [1.82, 2.24) is 14.9 Å². The number of ether oxygens (including phenoxy) is 1. The van der Waals surface area contributed by atoms with Crippen molar-refractivity contribution in [2.45, 2.75) is 64.8 Å². The Labute approximate surface area is 203 Å². The largest absolute Gasteiger partial charge is 0.466 e. The molecule has 6 heteroatoms. The Morgan fingerprint density at radius 3 is 2.50 bits per heavy atom. The third-order valence-electron chi connectivity index (χ3n) is 7.81. The quantitative estimate of drug-likeness (QED) is 0.572. The van der Waals surface area contributed by atoms with Crippen LogP contribution in [0.25, 0.3) is 11.4 Å². The van der Waals surface area contributed by atoms with Crippen molar-refractivity contribution in [1.29, 1.82) is 0 Å². The van der Waals surface area contributed by atoms with Crippen LogP contribution in [0.4, 0.5) is 5.82 Å². The monoisotopic (exact) mass is 462 g/mol. The minimum absolute atomic E-state index is 0.00487. The Hall–Kier alpha value is -2.47. The second-order valence-corrected chi connectivity index (χ2v) is 10.2. The molecule has 1 saturated carbocycles. The maximum absolute atomic E-state index is 12.3. The summed E-state index contributed by atoms with van der Waals surface area (Å²) in [6.07, 6.45) is 9.56. The highest BCUT2D eigenvalue weighted by Gasteiger charge is 2.31. The van der Waals surface area contributed by atoms with Crippen LogP contribution in [0.5, 0.6) is 0 Å².